The molecule has 0 amide bonds. The third-order valence-electron chi connectivity index (χ3n) is 17.3. The van der Waals surface area contributed by atoms with E-state index in [-0.39, 0.29) is 51.7 Å². The fourth-order valence-corrected chi connectivity index (χ4v) is 12.7. The quantitative estimate of drug-likeness (QED) is 0.0639. The van der Waals surface area contributed by atoms with E-state index in [9.17, 15) is 4.79 Å². The molecule has 8 bridgehead atoms. The van der Waals surface area contributed by atoms with Gasteiger partial charge in [0, 0.05) is 57.9 Å². The lowest BCUT2D eigenvalue weighted by Crippen LogP contribution is -2.27. The number of benzene rings is 4. The van der Waals surface area contributed by atoms with Crippen molar-refractivity contribution in [3.05, 3.63) is 159 Å². The first-order chi connectivity index (χ1) is 40.5. The normalized spacial score (nSPS) is 13.4. The van der Waals surface area contributed by atoms with Gasteiger partial charge in [-0.1, -0.05) is 198 Å². The Morgan fingerprint density at radius 2 is 0.759 bits per heavy atom. The summed E-state index contributed by atoms with van der Waals surface area (Å²) in [7, 11) is 0.113. The van der Waals surface area contributed by atoms with E-state index in [0.29, 0.717) is 12.2 Å². The van der Waals surface area contributed by atoms with Gasteiger partial charge in [-0.2, -0.15) is 0 Å². The van der Waals surface area contributed by atoms with Crippen LogP contribution in [0.4, 0.5) is 0 Å². The van der Waals surface area contributed by atoms with Crippen molar-refractivity contribution >= 4 is 60.7 Å². The molecule has 0 aliphatic carbocycles. The molecule has 0 radical (unpaired) electrons. The van der Waals surface area contributed by atoms with Gasteiger partial charge in [0.25, 0.3) is 0 Å². The highest BCUT2D eigenvalue weighted by Gasteiger charge is 2.28. The highest BCUT2D eigenvalue weighted by atomic mass is 28.4. The minimum Gasteiger partial charge on any atom is -0.490 e. The molecule has 87 heavy (non-hydrogen) atoms. The van der Waals surface area contributed by atoms with E-state index >= 15 is 0 Å². The lowest BCUT2D eigenvalue weighted by atomic mass is 9.78. The summed E-state index contributed by atoms with van der Waals surface area (Å²) in [6, 6.07) is 39.6. The largest absolute Gasteiger partial charge is 0.490 e. The van der Waals surface area contributed by atoms with Gasteiger partial charge in [0.05, 0.1) is 22.8 Å². The monoisotopic (exact) mass is 1180 g/mol. The number of rotatable bonds is 14. The maximum atomic E-state index is 12.8. The summed E-state index contributed by atoms with van der Waals surface area (Å²) in [6.07, 6.45) is 10.9. The average molecular weight is 1180 g/mol. The number of nitrogens with one attached hydrogen (secondary N) is 2. The number of unbranched alkanes of at least 4 members (excludes halogenated alkanes) is 1. The Morgan fingerprint density at radius 3 is 1.08 bits per heavy atom. The Kier molecular flexibility index (Phi) is 17.9. The minimum absolute atomic E-state index is 0.121. The van der Waals surface area contributed by atoms with Crippen molar-refractivity contribution in [3.63, 3.8) is 0 Å². The minimum atomic E-state index is -1.67. The molecule has 8 nitrogen and oxygen atoms in total. The van der Waals surface area contributed by atoms with Gasteiger partial charge < -0.3 is 23.9 Å². The summed E-state index contributed by atoms with van der Waals surface area (Å²) >= 11 is 0. The molecule has 5 heterocycles. The number of nitrogens with zero attached hydrogens (tertiary/aromatic N) is 2. The number of esters is 1. The van der Waals surface area contributed by atoms with E-state index in [2.05, 4.69) is 263 Å². The molecule has 2 aliphatic rings. The van der Waals surface area contributed by atoms with Crippen LogP contribution in [0.15, 0.2) is 103 Å². The first-order valence-electron chi connectivity index (χ1n) is 31.6. The van der Waals surface area contributed by atoms with Crippen LogP contribution in [0.1, 0.15) is 200 Å². The van der Waals surface area contributed by atoms with Gasteiger partial charge in [-0.3, -0.25) is 4.79 Å². The van der Waals surface area contributed by atoms with E-state index in [1.165, 1.54) is 33.4 Å². The van der Waals surface area contributed by atoms with Gasteiger partial charge in [0.15, 0.2) is 8.32 Å². The molecule has 0 fully saturated rings. The molecule has 0 saturated carbocycles. The summed E-state index contributed by atoms with van der Waals surface area (Å²) < 4.78 is 17.8. The predicted molar refractivity (Wildman–Crippen MR) is 372 cm³/mol. The van der Waals surface area contributed by atoms with Gasteiger partial charge in [-0.05, 0) is 174 Å². The van der Waals surface area contributed by atoms with Crippen molar-refractivity contribution in [2.75, 3.05) is 20.3 Å². The third-order valence-corrected chi connectivity index (χ3v) is 20.0. The fraction of sp³-hybridized carbons (Fsp3) is 0.423. The Morgan fingerprint density at radius 1 is 0.425 bits per heavy atom. The van der Waals surface area contributed by atoms with Crippen molar-refractivity contribution in [1.82, 2.24) is 19.9 Å². The summed E-state index contributed by atoms with van der Waals surface area (Å²) in [6.45, 7) is 46.2. The van der Waals surface area contributed by atoms with E-state index in [0.717, 1.165) is 108 Å². The fourth-order valence-electron chi connectivity index (χ4n) is 11.4. The second kappa shape index (κ2) is 24.1. The number of fused-ring (bicyclic) bond motifs is 8. The molecule has 9 heteroatoms. The maximum absolute atomic E-state index is 12.8. The average Bonchev–Trinajstić information content (AvgIpc) is 1.88. The van der Waals surface area contributed by atoms with E-state index in [4.69, 9.17) is 23.9 Å². The van der Waals surface area contributed by atoms with Gasteiger partial charge in [0.1, 0.15) is 19.0 Å². The summed E-state index contributed by atoms with van der Waals surface area (Å²) in [4.78, 5) is 32.5. The predicted octanol–water partition coefficient (Wildman–Crippen LogP) is 21.1. The van der Waals surface area contributed by atoms with Gasteiger partial charge in [-0.15, -0.1) is 0 Å². The lowest BCUT2D eigenvalue weighted by molar-refractivity contribution is -0.144. The molecule has 7 aromatic rings. The van der Waals surface area contributed by atoms with Gasteiger partial charge in [0.2, 0.25) is 0 Å². The number of carbonyl (C=O) groups is 1. The van der Waals surface area contributed by atoms with Crippen molar-refractivity contribution < 1.29 is 18.7 Å². The number of H-pyrrole nitrogens is 2. The summed E-state index contributed by atoms with van der Waals surface area (Å²) in [5.41, 5.74) is 22.1. The molecular weight excluding hydrogens is 1080 g/mol. The summed E-state index contributed by atoms with van der Waals surface area (Å²) in [5, 5.41) is 0. The molecule has 2 N–H and O–H groups in total. The maximum Gasteiger partial charge on any atom is 0.305 e. The number of hydrogen-bond donors (Lipinski definition) is 2. The number of hydrogen-bond acceptors (Lipinski definition) is 6. The smallest absolute Gasteiger partial charge is 0.305 e. The Bertz CT molecular complexity index is 3800. The molecule has 0 unspecified atom stereocenters. The van der Waals surface area contributed by atoms with Gasteiger partial charge >= 0.3 is 5.97 Å². The van der Waals surface area contributed by atoms with Crippen LogP contribution in [0, 0.1) is 0 Å². The van der Waals surface area contributed by atoms with Crippen LogP contribution in [-0.2, 0) is 46.4 Å². The van der Waals surface area contributed by atoms with Crippen molar-refractivity contribution in [2.24, 2.45) is 0 Å². The van der Waals surface area contributed by atoms with Crippen molar-refractivity contribution in [2.45, 2.75) is 196 Å². The zero-order valence-electron chi connectivity index (χ0n) is 56.4. The topological polar surface area (TPSA) is 102 Å². The first kappa shape index (κ1) is 64.4. The standard InChI is InChI=1S/C78H98N4O4Si/c1-73(2,3)53-39-50(40-54(46-53)74(4,5)6)70-62-30-28-60(79-62)69(49-25-24-26-59(45-49)85-36-37-86-68(83)27-22-23-38-87(20,21)84-19)61-29-31-63(80-61)71(51-41-55(75(7,8)9)47-56(42-51)76(10,11)12)65-33-35-67(82-65)72(66-34-32-64(70)81-66)52-43-57(77(13,14)15)48-58(44-52)78(16,17)18/h24-26,28-35,39-48,79,82H,22-23,27,36-38H2,1-21H3. The molecule has 0 spiro atoms. The molecule has 4 aromatic carbocycles. The van der Waals surface area contributed by atoms with Crippen molar-refractivity contribution in [1.29, 1.82) is 0 Å². The molecule has 0 saturated heterocycles. The number of aromatic nitrogens is 4. The van der Waals surface area contributed by atoms with E-state index < -0.39 is 8.32 Å². The molecular formula is C78H98N4O4Si. The van der Waals surface area contributed by atoms with Crippen LogP contribution in [0.3, 0.4) is 0 Å². The Balaban J connectivity index is 1.36. The van der Waals surface area contributed by atoms with E-state index in [1.54, 1.807) is 7.11 Å². The Labute approximate surface area is 521 Å². The van der Waals surface area contributed by atoms with Crippen LogP contribution >= 0.6 is 0 Å². The first-order valence-corrected chi connectivity index (χ1v) is 34.7. The highest BCUT2D eigenvalue weighted by Crippen LogP contribution is 2.44. The SMILES string of the molecule is CO[Si](C)(C)CCCCC(=O)OCCOc1cccc(-c2c3nc(c(-c4cc(C(C)(C)C)cc(C(C)(C)C)c4)c4ccc([nH]4)c(-c4cc(C(C)(C)C)cc(C(C)(C)C)c4)c4nc(c(-c5cc(C(C)(C)C)cc(C(C)(C)C)c5)c5ccc2[nH]5)C=C4)C=C3)c1. The van der Waals surface area contributed by atoms with Gasteiger partial charge in [-0.25, -0.2) is 9.97 Å². The molecule has 2 aliphatic heterocycles. The van der Waals surface area contributed by atoms with Crippen LogP contribution in [0.2, 0.25) is 19.1 Å². The zero-order valence-corrected chi connectivity index (χ0v) is 57.4. The molecule has 458 valence electrons. The van der Waals surface area contributed by atoms with Crippen LogP contribution < -0.4 is 4.74 Å². The molecule has 0 atom stereocenters. The van der Waals surface area contributed by atoms with E-state index in [1.807, 2.05) is 12.1 Å². The zero-order chi connectivity index (χ0) is 63.4. The third kappa shape index (κ3) is 14.9. The molecule has 9 rings (SSSR count). The number of aromatic amines is 2. The summed E-state index contributed by atoms with van der Waals surface area (Å²) in [5.74, 6) is 0.457. The molecule has 3 aromatic heterocycles. The van der Waals surface area contributed by atoms with Crippen LogP contribution in [0.5, 0.6) is 5.75 Å². The van der Waals surface area contributed by atoms with Crippen LogP contribution in [-0.4, -0.2) is 54.5 Å². The second-order valence-corrected chi connectivity index (χ2v) is 35.6. The van der Waals surface area contributed by atoms with Crippen molar-refractivity contribution in [3.8, 4) is 50.3 Å². The lowest BCUT2D eigenvalue weighted by Gasteiger charge is -2.26. The Hall–Kier alpha value is -7.07. The highest BCUT2D eigenvalue weighted by molar-refractivity contribution is 6.71. The van der Waals surface area contributed by atoms with Crippen LogP contribution in [0.25, 0.3) is 90.9 Å². The second-order valence-electron chi connectivity index (χ2n) is 31.2. The number of carbonyl (C=O) groups excluding carboxylic acids is 1. The number of ether oxygens (including phenoxy) is 2.